The monoisotopic (exact) mass is 549 g/mol. The molecule has 1 saturated carbocycles. The molecule has 1 aliphatic carbocycles. The van der Waals surface area contributed by atoms with Gasteiger partial charge in [-0.1, -0.05) is 23.2 Å². The second-order valence-electron chi connectivity index (χ2n) is 8.04. The van der Waals surface area contributed by atoms with Crippen LogP contribution in [0.3, 0.4) is 0 Å². The van der Waals surface area contributed by atoms with Crippen molar-refractivity contribution >= 4 is 69.6 Å². The maximum absolute atomic E-state index is 13.2. The third-order valence-electron chi connectivity index (χ3n) is 5.73. The largest absolute Gasteiger partial charge is 0.326 e. The highest BCUT2D eigenvalue weighted by molar-refractivity contribution is 6.53. The molecule has 1 aliphatic rings. The molecule has 0 saturated heterocycles. The standard InChI is InChI=1S/C25H16Cl4FN3O2/c1-33(18-5-2-16(30)3-6-18)24(35)19-11-17(4-7-20(19)27)32-23(34)22-21(25(22,28)29)14-8-13(12-31)9-15(26)10-14/h2-11,21-22H,1H3,(H,32,34)/t21-,22+/m0/s1. The molecule has 0 aliphatic heterocycles. The number of nitriles is 1. The van der Waals surface area contributed by atoms with Crippen molar-refractivity contribution in [2.75, 3.05) is 17.3 Å². The van der Waals surface area contributed by atoms with Crippen molar-refractivity contribution in [1.29, 1.82) is 5.26 Å². The van der Waals surface area contributed by atoms with E-state index in [1.807, 2.05) is 6.07 Å². The van der Waals surface area contributed by atoms with E-state index in [9.17, 15) is 19.2 Å². The van der Waals surface area contributed by atoms with Gasteiger partial charge in [0.2, 0.25) is 5.91 Å². The molecule has 0 bridgehead atoms. The lowest BCUT2D eigenvalue weighted by atomic mass is 10.1. The minimum absolute atomic E-state index is 0.139. The highest BCUT2D eigenvalue weighted by atomic mass is 35.5. The number of hydrogen-bond donors (Lipinski definition) is 1. The number of anilines is 2. The van der Waals surface area contributed by atoms with Crippen molar-refractivity contribution in [2.45, 2.75) is 10.3 Å². The summed E-state index contributed by atoms with van der Waals surface area (Å²) in [5, 5.41) is 12.4. The van der Waals surface area contributed by atoms with Gasteiger partial charge in [0.25, 0.3) is 5.91 Å². The first-order chi connectivity index (χ1) is 16.5. The quantitative estimate of drug-likeness (QED) is 0.355. The molecule has 3 aromatic carbocycles. The lowest BCUT2D eigenvalue weighted by Crippen LogP contribution is -2.26. The summed E-state index contributed by atoms with van der Waals surface area (Å²) in [5.74, 6) is -2.73. The van der Waals surface area contributed by atoms with E-state index in [1.165, 1.54) is 54.4 Å². The summed E-state index contributed by atoms with van der Waals surface area (Å²) in [6.07, 6.45) is 0. The van der Waals surface area contributed by atoms with E-state index in [2.05, 4.69) is 5.32 Å². The number of nitrogens with zero attached hydrogens (tertiary/aromatic N) is 2. The zero-order valence-electron chi connectivity index (χ0n) is 18.0. The van der Waals surface area contributed by atoms with E-state index < -0.39 is 33.8 Å². The lowest BCUT2D eigenvalue weighted by molar-refractivity contribution is -0.117. The molecule has 2 amide bonds. The van der Waals surface area contributed by atoms with E-state index >= 15 is 0 Å². The molecule has 1 fully saturated rings. The van der Waals surface area contributed by atoms with E-state index in [1.54, 1.807) is 18.2 Å². The normalized spacial score (nSPS) is 17.9. The zero-order chi connectivity index (χ0) is 25.5. The van der Waals surface area contributed by atoms with Crippen LogP contribution in [0.1, 0.15) is 27.4 Å². The Balaban J connectivity index is 1.54. The number of hydrogen-bond acceptors (Lipinski definition) is 3. The molecule has 35 heavy (non-hydrogen) atoms. The zero-order valence-corrected chi connectivity index (χ0v) is 21.1. The van der Waals surface area contributed by atoms with E-state index in [0.717, 1.165) is 0 Å². The molecule has 4 rings (SSSR count). The Bertz CT molecular complexity index is 1370. The molecule has 0 spiro atoms. The molecule has 178 valence electrons. The number of carbonyl (C=O) groups excluding carboxylic acids is 2. The van der Waals surface area contributed by atoms with Gasteiger partial charge < -0.3 is 10.2 Å². The van der Waals surface area contributed by atoms with Gasteiger partial charge in [-0.3, -0.25) is 9.59 Å². The highest BCUT2D eigenvalue weighted by Crippen LogP contribution is 2.65. The third-order valence-corrected chi connectivity index (χ3v) is 7.22. The molecule has 2 atom stereocenters. The van der Waals surface area contributed by atoms with Crippen LogP contribution in [-0.4, -0.2) is 23.2 Å². The molecule has 0 radical (unpaired) electrons. The van der Waals surface area contributed by atoms with Crippen LogP contribution in [0.5, 0.6) is 0 Å². The average molecular weight is 551 g/mol. The predicted octanol–water partition coefficient (Wildman–Crippen LogP) is 6.81. The Morgan fingerprint density at radius 1 is 1.06 bits per heavy atom. The first-order valence-corrected chi connectivity index (χ1v) is 11.8. The Hall–Kier alpha value is -2.82. The van der Waals surface area contributed by atoms with Crippen molar-refractivity contribution < 1.29 is 14.0 Å². The molecule has 0 unspecified atom stereocenters. The predicted molar refractivity (Wildman–Crippen MR) is 136 cm³/mol. The van der Waals surface area contributed by atoms with Crippen LogP contribution in [0.25, 0.3) is 0 Å². The van der Waals surface area contributed by atoms with Gasteiger partial charge in [-0.05, 0) is 66.2 Å². The molecule has 10 heteroatoms. The summed E-state index contributed by atoms with van der Waals surface area (Å²) in [6, 6.07) is 16.6. The van der Waals surface area contributed by atoms with Gasteiger partial charge in [0.1, 0.15) is 10.2 Å². The van der Waals surface area contributed by atoms with Crippen molar-refractivity contribution in [3.63, 3.8) is 0 Å². The number of carbonyl (C=O) groups is 2. The molecular weight excluding hydrogens is 535 g/mol. The maximum atomic E-state index is 13.2. The van der Waals surface area contributed by atoms with Gasteiger partial charge in [0.15, 0.2) is 0 Å². The topological polar surface area (TPSA) is 73.2 Å². The molecule has 5 nitrogen and oxygen atoms in total. The van der Waals surface area contributed by atoms with Gasteiger partial charge in [-0.15, -0.1) is 23.2 Å². The Morgan fingerprint density at radius 2 is 1.74 bits per heavy atom. The lowest BCUT2D eigenvalue weighted by Gasteiger charge is -2.18. The van der Waals surface area contributed by atoms with Crippen molar-refractivity contribution in [3.05, 3.63) is 93.2 Å². The van der Waals surface area contributed by atoms with Crippen LogP contribution >= 0.6 is 46.4 Å². The first kappa shape index (κ1) is 25.3. The van der Waals surface area contributed by atoms with Crippen LogP contribution in [0.15, 0.2) is 60.7 Å². The van der Waals surface area contributed by atoms with Gasteiger partial charge >= 0.3 is 0 Å². The third kappa shape index (κ3) is 5.10. The van der Waals surface area contributed by atoms with E-state index in [-0.39, 0.29) is 10.6 Å². The van der Waals surface area contributed by atoms with Gasteiger partial charge in [-0.25, -0.2) is 4.39 Å². The van der Waals surface area contributed by atoms with Crippen LogP contribution in [0, 0.1) is 23.1 Å². The van der Waals surface area contributed by atoms with Crippen molar-refractivity contribution in [2.24, 2.45) is 5.92 Å². The molecular formula is C25H16Cl4FN3O2. The van der Waals surface area contributed by atoms with E-state index in [4.69, 9.17) is 46.4 Å². The Labute approximate surface area is 220 Å². The Morgan fingerprint density at radius 3 is 2.40 bits per heavy atom. The first-order valence-electron chi connectivity index (χ1n) is 10.3. The molecule has 0 aromatic heterocycles. The highest BCUT2D eigenvalue weighted by Gasteiger charge is 2.67. The van der Waals surface area contributed by atoms with Crippen LogP contribution in [0.4, 0.5) is 15.8 Å². The minimum Gasteiger partial charge on any atom is -0.326 e. The smallest absolute Gasteiger partial charge is 0.259 e. The summed E-state index contributed by atoms with van der Waals surface area (Å²) in [5.41, 5.74) is 1.82. The number of halogens is 5. The van der Waals surface area contributed by atoms with Crippen molar-refractivity contribution in [1.82, 2.24) is 0 Å². The second kappa shape index (κ2) is 9.67. The number of benzene rings is 3. The Kier molecular flexibility index (Phi) is 6.99. The van der Waals surface area contributed by atoms with Crippen LogP contribution in [0.2, 0.25) is 10.0 Å². The van der Waals surface area contributed by atoms with Gasteiger partial charge in [0, 0.05) is 29.4 Å². The fourth-order valence-corrected chi connectivity index (χ4v) is 5.14. The van der Waals surface area contributed by atoms with Gasteiger partial charge in [0.05, 0.1) is 28.1 Å². The van der Waals surface area contributed by atoms with Crippen LogP contribution in [-0.2, 0) is 4.79 Å². The molecule has 0 heterocycles. The fourth-order valence-electron chi connectivity index (χ4n) is 3.87. The molecule has 3 aromatic rings. The number of nitrogens with one attached hydrogen (secondary N) is 1. The minimum atomic E-state index is -1.39. The summed E-state index contributed by atoms with van der Waals surface area (Å²) >= 11 is 25.2. The SMILES string of the molecule is CN(C(=O)c1cc(NC(=O)[C@H]2[C@H](c3cc(Cl)cc(C#N)c3)C2(Cl)Cl)ccc1Cl)c1ccc(F)cc1. The number of alkyl halides is 2. The second-order valence-corrected chi connectivity index (χ2v) is 10.3. The van der Waals surface area contributed by atoms with Gasteiger partial charge in [-0.2, -0.15) is 5.26 Å². The summed E-state index contributed by atoms with van der Waals surface area (Å²) in [6.45, 7) is 0. The average Bonchev–Trinajstić information content (AvgIpc) is 3.41. The summed E-state index contributed by atoms with van der Waals surface area (Å²) in [4.78, 5) is 27.4. The van der Waals surface area contributed by atoms with Crippen LogP contribution < -0.4 is 10.2 Å². The number of rotatable bonds is 5. The fraction of sp³-hybridized carbons (Fsp3) is 0.160. The van der Waals surface area contributed by atoms with Crippen molar-refractivity contribution in [3.8, 4) is 6.07 Å². The summed E-state index contributed by atoms with van der Waals surface area (Å²) in [7, 11) is 1.53. The maximum Gasteiger partial charge on any atom is 0.259 e. The molecule has 1 N–H and O–H groups in total. The summed E-state index contributed by atoms with van der Waals surface area (Å²) < 4.78 is 11.8. The number of amides is 2. The van der Waals surface area contributed by atoms with E-state index in [0.29, 0.717) is 27.5 Å².